The first kappa shape index (κ1) is 15.4. The Morgan fingerprint density at radius 2 is 1.76 bits per heavy atom. The van der Waals surface area contributed by atoms with Crippen molar-refractivity contribution in [2.45, 2.75) is 40.2 Å². The van der Waals surface area contributed by atoms with Crippen LogP contribution in [0.2, 0.25) is 0 Å². The SMILES string of the molecule is CCCCOc1ccc(CNc2ccc(C)cc2C)cc1. The smallest absolute Gasteiger partial charge is 0.119 e. The molecule has 0 aliphatic carbocycles. The molecule has 112 valence electrons. The number of aryl methyl sites for hydroxylation is 2. The maximum Gasteiger partial charge on any atom is 0.119 e. The third-order valence-electron chi connectivity index (χ3n) is 3.55. The molecule has 0 aliphatic heterocycles. The molecule has 0 aromatic heterocycles. The van der Waals surface area contributed by atoms with Gasteiger partial charge in [0.15, 0.2) is 0 Å². The van der Waals surface area contributed by atoms with E-state index in [2.05, 4.69) is 68.6 Å². The standard InChI is InChI=1S/C19H25NO/c1-4-5-12-21-18-9-7-17(8-10-18)14-20-19-11-6-15(2)13-16(19)3/h6-11,13,20H,4-5,12,14H2,1-3H3. The molecule has 2 heteroatoms. The van der Waals surface area contributed by atoms with E-state index in [-0.39, 0.29) is 0 Å². The van der Waals surface area contributed by atoms with Gasteiger partial charge in [0.05, 0.1) is 6.61 Å². The average molecular weight is 283 g/mol. The molecule has 0 heterocycles. The van der Waals surface area contributed by atoms with E-state index in [1.54, 1.807) is 0 Å². The highest BCUT2D eigenvalue weighted by atomic mass is 16.5. The number of benzene rings is 2. The Morgan fingerprint density at radius 3 is 2.43 bits per heavy atom. The van der Waals surface area contributed by atoms with E-state index in [0.29, 0.717) is 0 Å². The van der Waals surface area contributed by atoms with Crippen LogP contribution in [0, 0.1) is 13.8 Å². The lowest BCUT2D eigenvalue weighted by molar-refractivity contribution is 0.309. The molecule has 2 nitrogen and oxygen atoms in total. The van der Waals surface area contributed by atoms with Crippen molar-refractivity contribution in [1.29, 1.82) is 0 Å². The fourth-order valence-corrected chi connectivity index (χ4v) is 2.25. The van der Waals surface area contributed by atoms with Gasteiger partial charge < -0.3 is 10.1 Å². The maximum atomic E-state index is 5.68. The molecular weight excluding hydrogens is 258 g/mol. The highest BCUT2D eigenvalue weighted by molar-refractivity contribution is 5.52. The quantitative estimate of drug-likeness (QED) is 0.714. The molecule has 1 N–H and O–H groups in total. The number of hydrogen-bond donors (Lipinski definition) is 1. The molecule has 2 rings (SSSR count). The number of nitrogens with one attached hydrogen (secondary N) is 1. The van der Waals surface area contributed by atoms with Crippen molar-refractivity contribution in [3.63, 3.8) is 0 Å². The van der Waals surface area contributed by atoms with Gasteiger partial charge in [-0.15, -0.1) is 0 Å². The summed E-state index contributed by atoms with van der Waals surface area (Å²) in [6, 6.07) is 14.8. The Hall–Kier alpha value is -1.96. The number of hydrogen-bond acceptors (Lipinski definition) is 2. The summed E-state index contributed by atoms with van der Waals surface area (Å²) < 4.78 is 5.68. The highest BCUT2D eigenvalue weighted by Crippen LogP contribution is 2.18. The fourth-order valence-electron chi connectivity index (χ4n) is 2.25. The fraction of sp³-hybridized carbons (Fsp3) is 0.368. The average Bonchev–Trinajstić information content (AvgIpc) is 2.48. The summed E-state index contributed by atoms with van der Waals surface area (Å²) in [5.41, 5.74) is 5.04. The van der Waals surface area contributed by atoms with E-state index < -0.39 is 0 Å². The summed E-state index contributed by atoms with van der Waals surface area (Å²) in [6.07, 6.45) is 2.27. The van der Waals surface area contributed by atoms with Crippen LogP contribution >= 0.6 is 0 Å². The maximum absolute atomic E-state index is 5.68. The summed E-state index contributed by atoms with van der Waals surface area (Å²) in [5.74, 6) is 0.957. The van der Waals surface area contributed by atoms with E-state index in [9.17, 15) is 0 Å². The first-order valence-corrected chi connectivity index (χ1v) is 7.72. The van der Waals surface area contributed by atoms with Gasteiger partial charge in [0.25, 0.3) is 0 Å². The largest absolute Gasteiger partial charge is 0.494 e. The first-order chi connectivity index (χ1) is 10.2. The van der Waals surface area contributed by atoms with Gasteiger partial charge in [0.2, 0.25) is 0 Å². The predicted octanol–water partition coefficient (Wildman–Crippen LogP) is 5.09. The lowest BCUT2D eigenvalue weighted by Crippen LogP contribution is -2.01. The highest BCUT2D eigenvalue weighted by Gasteiger charge is 1.99. The third kappa shape index (κ3) is 4.82. The van der Waals surface area contributed by atoms with Gasteiger partial charge in [0, 0.05) is 12.2 Å². The predicted molar refractivity (Wildman–Crippen MR) is 90.1 cm³/mol. The number of ether oxygens (including phenoxy) is 1. The summed E-state index contributed by atoms with van der Waals surface area (Å²) in [5, 5.41) is 3.49. The number of anilines is 1. The number of unbranched alkanes of at least 4 members (excludes halogenated alkanes) is 1. The topological polar surface area (TPSA) is 21.3 Å². The molecule has 0 saturated heterocycles. The first-order valence-electron chi connectivity index (χ1n) is 7.72. The normalized spacial score (nSPS) is 10.4. The minimum absolute atomic E-state index is 0.802. The van der Waals surface area contributed by atoms with E-state index in [4.69, 9.17) is 4.74 Å². The Balaban J connectivity index is 1.88. The van der Waals surface area contributed by atoms with Gasteiger partial charge in [-0.25, -0.2) is 0 Å². The lowest BCUT2D eigenvalue weighted by atomic mass is 10.1. The monoisotopic (exact) mass is 283 g/mol. The zero-order chi connectivity index (χ0) is 15.1. The molecule has 2 aromatic carbocycles. The Labute approximate surface area is 128 Å². The van der Waals surface area contributed by atoms with Crippen LogP contribution in [-0.2, 0) is 6.54 Å². The van der Waals surface area contributed by atoms with Gasteiger partial charge in [-0.1, -0.05) is 43.2 Å². The van der Waals surface area contributed by atoms with Crippen molar-refractivity contribution in [2.24, 2.45) is 0 Å². The minimum Gasteiger partial charge on any atom is -0.494 e. The summed E-state index contributed by atoms with van der Waals surface area (Å²) in [6.45, 7) is 8.06. The van der Waals surface area contributed by atoms with Gasteiger partial charge in [-0.3, -0.25) is 0 Å². The second-order valence-corrected chi connectivity index (χ2v) is 5.52. The number of rotatable bonds is 7. The van der Waals surface area contributed by atoms with Crippen LogP contribution in [0.25, 0.3) is 0 Å². The van der Waals surface area contributed by atoms with Crippen molar-refractivity contribution in [1.82, 2.24) is 0 Å². The molecule has 0 amide bonds. The van der Waals surface area contributed by atoms with Crippen molar-refractivity contribution < 1.29 is 4.74 Å². The van der Waals surface area contributed by atoms with Gasteiger partial charge in [0.1, 0.15) is 5.75 Å². The van der Waals surface area contributed by atoms with Crippen molar-refractivity contribution >= 4 is 5.69 Å². The van der Waals surface area contributed by atoms with Crippen LogP contribution < -0.4 is 10.1 Å². The lowest BCUT2D eigenvalue weighted by Gasteiger charge is -2.11. The van der Waals surface area contributed by atoms with Crippen molar-refractivity contribution in [3.05, 3.63) is 59.2 Å². The molecular formula is C19H25NO. The molecule has 0 unspecified atom stereocenters. The van der Waals surface area contributed by atoms with Gasteiger partial charge in [-0.2, -0.15) is 0 Å². The van der Waals surface area contributed by atoms with E-state index in [1.807, 2.05) is 0 Å². The second-order valence-electron chi connectivity index (χ2n) is 5.52. The van der Waals surface area contributed by atoms with E-state index >= 15 is 0 Å². The Bertz CT molecular complexity index is 560. The summed E-state index contributed by atoms with van der Waals surface area (Å²) >= 11 is 0. The Morgan fingerprint density at radius 1 is 1.00 bits per heavy atom. The van der Waals surface area contributed by atoms with Crippen LogP contribution in [-0.4, -0.2) is 6.61 Å². The Kier molecular flexibility index (Phi) is 5.68. The molecule has 0 radical (unpaired) electrons. The van der Waals surface area contributed by atoms with E-state index in [1.165, 1.54) is 22.4 Å². The molecule has 0 bridgehead atoms. The van der Waals surface area contributed by atoms with Crippen LogP contribution in [0.5, 0.6) is 5.75 Å². The van der Waals surface area contributed by atoms with Gasteiger partial charge >= 0.3 is 0 Å². The molecule has 0 fully saturated rings. The molecule has 0 aliphatic rings. The molecule has 21 heavy (non-hydrogen) atoms. The molecule has 0 saturated carbocycles. The molecule has 0 atom stereocenters. The second kappa shape index (κ2) is 7.72. The molecule has 0 spiro atoms. The van der Waals surface area contributed by atoms with Gasteiger partial charge in [-0.05, 0) is 49.6 Å². The van der Waals surface area contributed by atoms with Crippen LogP contribution in [0.1, 0.15) is 36.5 Å². The summed E-state index contributed by atoms with van der Waals surface area (Å²) in [4.78, 5) is 0. The third-order valence-corrected chi connectivity index (χ3v) is 3.55. The molecule has 2 aromatic rings. The van der Waals surface area contributed by atoms with Crippen LogP contribution in [0.3, 0.4) is 0 Å². The van der Waals surface area contributed by atoms with Crippen molar-refractivity contribution in [2.75, 3.05) is 11.9 Å². The van der Waals surface area contributed by atoms with Crippen molar-refractivity contribution in [3.8, 4) is 5.75 Å². The van der Waals surface area contributed by atoms with Crippen LogP contribution in [0.4, 0.5) is 5.69 Å². The van der Waals surface area contributed by atoms with Crippen LogP contribution in [0.15, 0.2) is 42.5 Å². The minimum atomic E-state index is 0.802. The zero-order valence-corrected chi connectivity index (χ0v) is 13.3. The van der Waals surface area contributed by atoms with E-state index in [0.717, 1.165) is 31.7 Å². The summed E-state index contributed by atoms with van der Waals surface area (Å²) in [7, 11) is 0. The zero-order valence-electron chi connectivity index (χ0n) is 13.3.